The Morgan fingerprint density at radius 1 is 0.446 bits per heavy atom. The van der Waals surface area contributed by atoms with Crippen LogP contribution in [0.15, 0.2) is 82.8 Å². The second-order valence-corrected chi connectivity index (χ2v) is 14.3. The van der Waals surface area contributed by atoms with Crippen LogP contribution in [-0.2, 0) is 0 Å². The predicted molar refractivity (Wildman–Crippen MR) is 231 cm³/mol. The zero-order valence-electron chi connectivity index (χ0n) is 34.6. The lowest BCUT2D eigenvalue weighted by Gasteiger charge is -2.27. The van der Waals surface area contributed by atoms with E-state index in [1.165, 1.54) is 0 Å². The molecule has 6 aromatic carbocycles. The molecule has 0 aliphatic carbocycles. The minimum Gasteiger partial charge on any atom is -0.495 e. The van der Waals surface area contributed by atoms with Crippen molar-refractivity contribution in [3.8, 4) is 45.6 Å². The van der Waals surface area contributed by atoms with Gasteiger partial charge in [-0.25, -0.2) is 0 Å². The molecule has 0 atom stereocenters. The van der Waals surface area contributed by atoms with Gasteiger partial charge in [-0.3, -0.25) is 9.98 Å². The summed E-state index contributed by atoms with van der Waals surface area (Å²) < 4.78 is 37.7. The van der Waals surface area contributed by atoms with E-state index in [4.69, 9.17) is 38.4 Å². The van der Waals surface area contributed by atoms with E-state index in [2.05, 4.69) is 53.7 Å². The predicted octanol–water partition coefficient (Wildman–Crippen LogP) is 12.1. The molecule has 0 aliphatic heterocycles. The van der Waals surface area contributed by atoms with E-state index >= 15 is 0 Å². The highest BCUT2D eigenvalue weighted by molar-refractivity contribution is 6.15. The van der Waals surface area contributed by atoms with Gasteiger partial charge in [-0.05, 0) is 71.8 Å². The van der Waals surface area contributed by atoms with Crippen LogP contribution in [0.1, 0.15) is 72.9 Å². The third-order valence-electron chi connectivity index (χ3n) is 10.3. The molecule has 0 amide bonds. The molecular formula is C48H52N2O6. The van der Waals surface area contributed by atoms with Gasteiger partial charge in [0.15, 0.2) is 23.0 Å². The molecule has 0 heterocycles. The van der Waals surface area contributed by atoms with Gasteiger partial charge in [0.2, 0.25) is 0 Å². The molecule has 0 saturated carbocycles. The first-order valence-corrected chi connectivity index (χ1v) is 18.8. The average Bonchev–Trinajstić information content (AvgIpc) is 3.20. The molecule has 56 heavy (non-hydrogen) atoms. The number of hydrogen-bond donors (Lipinski definition) is 0. The van der Waals surface area contributed by atoms with E-state index in [9.17, 15) is 0 Å². The molecule has 0 N–H and O–H groups in total. The molecule has 0 aromatic heterocycles. The van der Waals surface area contributed by atoms with Gasteiger partial charge in [-0.2, -0.15) is 0 Å². The molecule has 8 nitrogen and oxygen atoms in total. The number of nitrogens with zero attached hydrogens (tertiary/aromatic N) is 2. The molecule has 0 spiro atoms. The lowest BCUT2D eigenvalue weighted by atomic mass is 9.83. The largest absolute Gasteiger partial charge is 0.495 e. The number of ether oxygens (including phenoxy) is 6. The Bertz CT molecular complexity index is 2280. The van der Waals surface area contributed by atoms with Crippen LogP contribution in [-0.4, -0.2) is 55.1 Å². The van der Waals surface area contributed by atoms with Crippen molar-refractivity contribution in [2.45, 2.75) is 53.4 Å². The Morgan fingerprint density at radius 2 is 0.768 bits per heavy atom. The van der Waals surface area contributed by atoms with Crippen molar-refractivity contribution in [2.75, 3.05) is 42.7 Å². The van der Waals surface area contributed by atoms with Crippen LogP contribution in [0.25, 0.3) is 32.7 Å². The summed E-state index contributed by atoms with van der Waals surface area (Å²) in [7, 11) is 10.1. The Morgan fingerprint density at radius 3 is 1.05 bits per heavy atom. The van der Waals surface area contributed by atoms with Crippen LogP contribution in [0.5, 0.6) is 34.5 Å². The van der Waals surface area contributed by atoms with Crippen molar-refractivity contribution in [1.29, 1.82) is 0 Å². The molecule has 0 aliphatic rings. The number of benzene rings is 6. The highest BCUT2D eigenvalue weighted by Crippen LogP contribution is 2.55. The van der Waals surface area contributed by atoms with Crippen LogP contribution >= 0.6 is 0 Å². The third kappa shape index (κ3) is 6.89. The maximum absolute atomic E-state index is 6.56. The fourth-order valence-electron chi connectivity index (χ4n) is 8.03. The van der Waals surface area contributed by atoms with Gasteiger partial charge in [0.25, 0.3) is 0 Å². The van der Waals surface area contributed by atoms with Crippen molar-refractivity contribution in [3.05, 3.63) is 106 Å². The van der Waals surface area contributed by atoms with Crippen molar-refractivity contribution >= 4 is 45.3 Å². The number of hydrogen-bond acceptors (Lipinski definition) is 8. The Kier molecular flexibility index (Phi) is 11.9. The van der Waals surface area contributed by atoms with Crippen molar-refractivity contribution in [3.63, 3.8) is 0 Å². The van der Waals surface area contributed by atoms with Crippen molar-refractivity contribution in [2.24, 2.45) is 9.98 Å². The minimum absolute atomic E-state index is 0.0942. The van der Waals surface area contributed by atoms with Gasteiger partial charge in [-0.1, -0.05) is 76.2 Å². The lowest BCUT2D eigenvalue weighted by Crippen LogP contribution is -2.08. The van der Waals surface area contributed by atoms with Crippen LogP contribution in [0, 0.1) is 13.8 Å². The highest BCUT2D eigenvalue weighted by atomic mass is 16.5. The maximum Gasteiger partial charge on any atom is 0.170 e. The van der Waals surface area contributed by atoms with E-state index in [1.807, 2.05) is 73.1 Å². The molecule has 290 valence electrons. The van der Waals surface area contributed by atoms with Crippen LogP contribution in [0.2, 0.25) is 0 Å². The lowest BCUT2D eigenvalue weighted by molar-refractivity contribution is 0.351. The van der Waals surface area contributed by atoms with E-state index in [0.717, 1.165) is 77.4 Å². The zero-order valence-corrected chi connectivity index (χ0v) is 34.6. The Hall–Kier alpha value is -6.02. The second-order valence-electron chi connectivity index (χ2n) is 14.3. The number of para-hydroxylation sites is 2. The van der Waals surface area contributed by atoms with Gasteiger partial charge in [-0.15, -0.1) is 0 Å². The molecule has 0 saturated heterocycles. The van der Waals surface area contributed by atoms with Crippen molar-refractivity contribution < 1.29 is 28.4 Å². The van der Waals surface area contributed by atoms with Gasteiger partial charge in [0.1, 0.15) is 11.5 Å². The third-order valence-corrected chi connectivity index (χ3v) is 10.3. The maximum atomic E-state index is 6.56. The molecule has 0 fully saturated rings. The number of rotatable bonds is 13. The summed E-state index contributed by atoms with van der Waals surface area (Å²) in [5.41, 5.74) is 8.91. The SMILES string of the molecule is COc1c(OC)c(C=Nc2ccccc2)c2c(OC)c(-c3c(C)cc4c(C(C)C)c(OC)c(OC)c(C=Nc5ccccc5)c4c3OC)c(C)cc2c1C(C)C. The summed E-state index contributed by atoms with van der Waals surface area (Å²) in [6, 6.07) is 24.1. The average molecular weight is 753 g/mol. The first-order valence-electron chi connectivity index (χ1n) is 18.8. The van der Waals surface area contributed by atoms with E-state index in [1.54, 1.807) is 42.7 Å². The normalized spacial score (nSPS) is 11.8. The summed E-state index contributed by atoms with van der Waals surface area (Å²) in [5.74, 6) is 4.02. The number of methoxy groups -OCH3 is 6. The van der Waals surface area contributed by atoms with Gasteiger partial charge in [0.05, 0.1) is 65.2 Å². The van der Waals surface area contributed by atoms with E-state index < -0.39 is 0 Å². The highest BCUT2D eigenvalue weighted by Gasteiger charge is 2.31. The van der Waals surface area contributed by atoms with Gasteiger partial charge < -0.3 is 28.4 Å². The molecule has 0 radical (unpaired) electrons. The summed E-state index contributed by atoms with van der Waals surface area (Å²) >= 11 is 0. The van der Waals surface area contributed by atoms with Crippen LogP contribution < -0.4 is 28.4 Å². The first-order chi connectivity index (χ1) is 27.1. The molecule has 0 unspecified atom stereocenters. The number of aliphatic imine (C=N–C) groups is 2. The number of fused-ring (bicyclic) bond motifs is 2. The molecule has 0 bridgehead atoms. The fourth-order valence-corrected chi connectivity index (χ4v) is 8.03. The van der Waals surface area contributed by atoms with Gasteiger partial charge in [0, 0.05) is 45.5 Å². The van der Waals surface area contributed by atoms with Crippen molar-refractivity contribution in [1.82, 2.24) is 0 Å². The quantitative estimate of drug-likeness (QED) is 0.109. The summed E-state index contributed by atoms with van der Waals surface area (Å²) in [4.78, 5) is 9.83. The number of aryl methyl sites for hydroxylation is 2. The second kappa shape index (κ2) is 16.8. The topological polar surface area (TPSA) is 80.1 Å². The fraction of sp³-hybridized carbons (Fsp3) is 0.292. The molecular weight excluding hydrogens is 701 g/mol. The van der Waals surface area contributed by atoms with E-state index in [-0.39, 0.29) is 11.8 Å². The molecule has 6 rings (SSSR count). The first kappa shape index (κ1) is 39.7. The smallest absolute Gasteiger partial charge is 0.170 e. The summed E-state index contributed by atoms with van der Waals surface area (Å²) in [5, 5.41) is 3.70. The van der Waals surface area contributed by atoms with E-state index in [0.29, 0.717) is 34.5 Å². The van der Waals surface area contributed by atoms with Crippen LogP contribution in [0.4, 0.5) is 11.4 Å². The summed E-state index contributed by atoms with van der Waals surface area (Å²) in [6.45, 7) is 12.9. The van der Waals surface area contributed by atoms with Crippen LogP contribution in [0.3, 0.4) is 0 Å². The minimum atomic E-state index is 0.0942. The monoisotopic (exact) mass is 752 g/mol. The van der Waals surface area contributed by atoms with Gasteiger partial charge >= 0.3 is 0 Å². The molecule has 6 aromatic rings. The Labute approximate surface area is 330 Å². The summed E-state index contributed by atoms with van der Waals surface area (Å²) in [6.07, 6.45) is 3.69. The Balaban J connectivity index is 1.83. The standard InChI is InChI=1S/C48H52N2O6/c1-27(2)37-33-23-29(5)39(45(53-9)41(33)35(43(51-7)47(37)55-11)25-49-31-19-15-13-16-20-31)40-30(6)24-34-38(28(3)4)48(56-12)44(52-8)36(42(34)46(40)54-10)26-50-32-21-17-14-18-22-32/h13-28H,1-12H3. The molecule has 8 heteroatoms. The zero-order chi connectivity index (χ0) is 40.3.